The summed E-state index contributed by atoms with van der Waals surface area (Å²) in [5.41, 5.74) is 0.321. The van der Waals surface area contributed by atoms with Crippen molar-refractivity contribution in [2.24, 2.45) is 23.7 Å². The molecule has 2 aliphatic heterocycles. The lowest BCUT2D eigenvalue weighted by atomic mass is 9.49. The van der Waals surface area contributed by atoms with Crippen LogP contribution >= 0.6 is 23.2 Å². The topological polar surface area (TPSA) is 179 Å². The quantitative estimate of drug-likeness (QED) is 0.107. The predicted molar refractivity (Wildman–Crippen MR) is 207 cm³/mol. The summed E-state index contributed by atoms with van der Waals surface area (Å²) in [6.07, 6.45) is -2.75. The highest BCUT2D eigenvalue weighted by atomic mass is 35.5. The van der Waals surface area contributed by atoms with E-state index in [1.165, 1.54) is 62.8 Å². The molecule has 0 radical (unpaired) electrons. The third-order valence-corrected chi connectivity index (χ3v) is 12.4. The van der Waals surface area contributed by atoms with Gasteiger partial charge in [0.2, 0.25) is 11.8 Å². The maximum absolute atomic E-state index is 15.5. The molecule has 4 aliphatic rings. The van der Waals surface area contributed by atoms with Gasteiger partial charge in [-0.3, -0.25) is 29.5 Å². The first-order valence-corrected chi connectivity index (χ1v) is 18.9. The highest BCUT2D eigenvalue weighted by Crippen LogP contribution is 2.66. The van der Waals surface area contributed by atoms with Crippen molar-refractivity contribution in [3.63, 3.8) is 0 Å². The SMILES string of the molecule is COc1cc(O)c(C2C3=CCC4C(=O)N(c5cccc(B(O)O)c5)C(=O)C4C3CC3C(=O)N(Nc4ncc(C(F)(F)F)cc4Cl)C(=O)C32c2ccc(Cl)cc2)c(OC)c1. The molecule has 4 N–H and O–H groups in total. The number of carbonyl (C=O) groups is 4. The van der Waals surface area contributed by atoms with Gasteiger partial charge in [-0.2, -0.15) is 18.2 Å². The molecular formula is C40H32BCl2F3N4O9. The standard InChI is InChI=1S/C40H32BCl2F3N4O9/c1-58-23-14-29(51)32(30(15-23)59-2)33-24-10-11-25-31(37(54)49(35(25)52)22-5-3-4-20(13-22)41(56)57)26(24)16-27-36(53)50(38(55)39(27,33)18-6-8-21(42)9-7-18)48-34-28(43)12-19(17-47-34)40(44,45)46/h3-10,12-15,17,25-27,31,33,51,56-57H,11,16H2,1-2H3,(H,47,48). The summed E-state index contributed by atoms with van der Waals surface area (Å²) in [6.45, 7) is 0. The Kier molecular flexibility index (Phi) is 9.93. The Morgan fingerprint density at radius 3 is 2.31 bits per heavy atom. The van der Waals surface area contributed by atoms with Gasteiger partial charge in [-0.1, -0.05) is 59.1 Å². The number of anilines is 2. The maximum atomic E-state index is 15.5. The highest BCUT2D eigenvalue weighted by Gasteiger charge is 2.71. The summed E-state index contributed by atoms with van der Waals surface area (Å²) < 4.78 is 51.8. The highest BCUT2D eigenvalue weighted by molar-refractivity contribution is 6.58. The minimum atomic E-state index is -4.80. The van der Waals surface area contributed by atoms with Crippen molar-refractivity contribution in [1.29, 1.82) is 0 Å². The fraction of sp³-hybridized carbons (Fsp3) is 0.275. The number of alkyl halides is 3. The van der Waals surface area contributed by atoms with Crippen LogP contribution < -0.4 is 25.3 Å². The van der Waals surface area contributed by atoms with Gasteiger partial charge < -0.3 is 24.6 Å². The van der Waals surface area contributed by atoms with E-state index in [0.717, 1.165) is 4.90 Å². The normalized spacial score (nSPS) is 25.0. The second-order valence-corrected chi connectivity index (χ2v) is 15.5. The first kappa shape index (κ1) is 40.2. The molecule has 0 bridgehead atoms. The fourth-order valence-electron chi connectivity index (χ4n) is 9.34. The number of methoxy groups -OCH3 is 2. The number of benzene rings is 3. The van der Waals surface area contributed by atoms with E-state index >= 15 is 4.79 Å². The number of amides is 4. The zero-order chi connectivity index (χ0) is 42.3. The van der Waals surface area contributed by atoms with Crippen molar-refractivity contribution < 1.29 is 57.0 Å². The number of nitrogens with zero attached hydrogens (tertiary/aromatic N) is 3. The molecule has 59 heavy (non-hydrogen) atoms. The van der Waals surface area contributed by atoms with Gasteiger partial charge in [-0.05, 0) is 60.1 Å². The molecule has 2 saturated heterocycles. The molecule has 6 atom stereocenters. The maximum Gasteiger partial charge on any atom is 0.488 e. The van der Waals surface area contributed by atoms with Gasteiger partial charge in [0, 0.05) is 34.8 Å². The van der Waals surface area contributed by atoms with E-state index in [1.807, 2.05) is 0 Å². The molecule has 1 saturated carbocycles. The molecule has 304 valence electrons. The van der Waals surface area contributed by atoms with Crippen LogP contribution in [0.25, 0.3) is 0 Å². The number of rotatable bonds is 8. The number of nitrogens with one attached hydrogen (secondary N) is 1. The van der Waals surface area contributed by atoms with E-state index in [9.17, 15) is 42.7 Å². The van der Waals surface area contributed by atoms with E-state index in [-0.39, 0.29) is 51.6 Å². The van der Waals surface area contributed by atoms with Gasteiger partial charge in [0.05, 0.1) is 53.7 Å². The molecule has 6 unspecified atom stereocenters. The Bertz CT molecular complexity index is 2470. The van der Waals surface area contributed by atoms with Crippen molar-refractivity contribution in [1.82, 2.24) is 9.99 Å². The van der Waals surface area contributed by atoms with Crippen molar-refractivity contribution in [3.05, 3.63) is 111 Å². The van der Waals surface area contributed by atoms with Crippen molar-refractivity contribution in [2.75, 3.05) is 24.5 Å². The minimum absolute atomic E-state index is 0.00612. The number of allylic oxidation sites excluding steroid dienone is 2. The van der Waals surface area contributed by atoms with Crippen LogP contribution in [0.4, 0.5) is 24.7 Å². The van der Waals surface area contributed by atoms with E-state index in [4.69, 9.17) is 32.7 Å². The number of phenolic OH excluding ortho intramolecular Hbond substituents is 1. The van der Waals surface area contributed by atoms with Gasteiger partial charge in [0.15, 0.2) is 5.82 Å². The van der Waals surface area contributed by atoms with Crippen LogP contribution in [-0.4, -0.2) is 70.1 Å². The number of phenols is 1. The Hall–Kier alpha value is -5.62. The van der Waals surface area contributed by atoms with Gasteiger partial charge in [0.1, 0.15) is 17.2 Å². The summed E-state index contributed by atoms with van der Waals surface area (Å²) >= 11 is 12.6. The Morgan fingerprint density at radius 2 is 1.66 bits per heavy atom. The molecular weight excluding hydrogens is 819 g/mol. The second-order valence-electron chi connectivity index (χ2n) is 14.7. The number of aromatic hydroxyl groups is 1. The minimum Gasteiger partial charge on any atom is -0.507 e. The summed E-state index contributed by atoms with van der Waals surface area (Å²) in [7, 11) is 0.812. The number of aromatic nitrogens is 1. The number of pyridine rings is 1. The summed E-state index contributed by atoms with van der Waals surface area (Å²) in [5.74, 6) is -9.11. The first-order valence-electron chi connectivity index (χ1n) is 18.1. The molecule has 8 rings (SSSR count). The fourth-order valence-corrected chi connectivity index (χ4v) is 9.67. The van der Waals surface area contributed by atoms with Crippen LogP contribution in [0, 0.1) is 23.7 Å². The van der Waals surface area contributed by atoms with Crippen LogP contribution in [-0.2, 0) is 30.8 Å². The number of carbonyl (C=O) groups excluding carboxylic acids is 4. The predicted octanol–water partition coefficient (Wildman–Crippen LogP) is 5.00. The largest absolute Gasteiger partial charge is 0.507 e. The lowest BCUT2D eigenvalue weighted by Crippen LogP contribution is -2.53. The lowest BCUT2D eigenvalue weighted by Gasteiger charge is -2.50. The van der Waals surface area contributed by atoms with Gasteiger partial charge >= 0.3 is 13.3 Å². The third kappa shape index (κ3) is 6.21. The van der Waals surface area contributed by atoms with Crippen LogP contribution in [0.15, 0.2) is 84.6 Å². The van der Waals surface area contributed by atoms with Gasteiger partial charge in [-0.25, -0.2) is 4.98 Å². The number of hydrazine groups is 1. The zero-order valence-corrected chi connectivity index (χ0v) is 32.4. The van der Waals surface area contributed by atoms with Crippen LogP contribution in [0.2, 0.25) is 10.0 Å². The Balaban J connectivity index is 1.34. The summed E-state index contributed by atoms with van der Waals surface area (Å²) in [5, 5.41) is 32.0. The molecule has 0 spiro atoms. The third-order valence-electron chi connectivity index (χ3n) is 11.8. The second kappa shape index (κ2) is 14.6. The molecule has 1 aromatic heterocycles. The number of hydrogen-bond donors (Lipinski definition) is 4. The number of hydrogen-bond acceptors (Lipinski definition) is 11. The number of imide groups is 2. The van der Waals surface area contributed by atoms with Crippen LogP contribution in [0.3, 0.4) is 0 Å². The average Bonchev–Trinajstić information content (AvgIpc) is 3.58. The van der Waals surface area contributed by atoms with E-state index in [1.54, 1.807) is 18.2 Å². The number of halogens is 5. The lowest BCUT2D eigenvalue weighted by molar-refractivity contribution is -0.139. The Labute approximate surface area is 344 Å². The van der Waals surface area contributed by atoms with E-state index in [2.05, 4.69) is 10.4 Å². The van der Waals surface area contributed by atoms with Gasteiger partial charge in [-0.15, -0.1) is 0 Å². The Morgan fingerprint density at radius 1 is 0.932 bits per heavy atom. The molecule has 4 aromatic rings. The van der Waals surface area contributed by atoms with E-state index < -0.39 is 94.1 Å². The smallest absolute Gasteiger partial charge is 0.488 e. The molecule has 4 amide bonds. The van der Waals surface area contributed by atoms with Crippen LogP contribution in [0.1, 0.15) is 35.4 Å². The molecule has 3 heterocycles. The molecule has 2 aliphatic carbocycles. The molecule has 19 heteroatoms. The zero-order valence-electron chi connectivity index (χ0n) is 30.9. The first-order chi connectivity index (χ1) is 28.0. The van der Waals surface area contributed by atoms with Crippen molar-refractivity contribution in [2.45, 2.75) is 30.4 Å². The van der Waals surface area contributed by atoms with E-state index in [0.29, 0.717) is 22.8 Å². The number of fused-ring (bicyclic) bond motifs is 4. The van der Waals surface area contributed by atoms with Gasteiger partial charge in [0.25, 0.3) is 11.8 Å². The van der Waals surface area contributed by atoms with Crippen molar-refractivity contribution in [3.8, 4) is 17.2 Å². The number of ether oxygens (including phenoxy) is 2. The van der Waals surface area contributed by atoms with Crippen molar-refractivity contribution >= 4 is 70.9 Å². The molecule has 3 aromatic carbocycles. The summed E-state index contributed by atoms with van der Waals surface area (Å²) in [6, 6.07) is 15.2. The van der Waals surface area contributed by atoms with Crippen LogP contribution in [0.5, 0.6) is 17.2 Å². The monoisotopic (exact) mass is 850 g/mol. The molecule has 3 fully saturated rings. The summed E-state index contributed by atoms with van der Waals surface area (Å²) in [4.78, 5) is 64.0. The average molecular weight is 851 g/mol. The molecule has 13 nitrogen and oxygen atoms in total.